The summed E-state index contributed by atoms with van der Waals surface area (Å²) in [4.78, 5) is 0. The van der Waals surface area contributed by atoms with Gasteiger partial charge in [-0.2, -0.15) is 0 Å². The molecule has 1 aromatic heterocycles. The second-order valence-electron chi connectivity index (χ2n) is 6.70. The monoisotopic (exact) mass is 322 g/mol. The Labute approximate surface area is 147 Å². The first-order chi connectivity index (χ1) is 12.3. The van der Waals surface area contributed by atoms with Gasteiger partial charge in [0.1, 0.15) is 11.3 Å². The number of fused-ring (bicyclic) bond motifs is 4. The first kappa shape index (κ1) is 14.3. The summed E-state index contributed by atoms with van der Waals surface area (Å²) in [5.41, 5.74) is 8.63. The zero-order chi connectivity index (χ0) is 16.8. The quantitative estimate of drug-likeness (QED) is 0.356. The Hall–Kier alpha value is -3.06. The van der Waals surface area contributed by atoms with Crippen LogP contribution < -0.4 is 0 Å². The van der Waals surface area contributed by atoms with Crippen molar-refractivity contribution in [3.05, 3.63) is 106 Å². The molecule has 0 radical (unpaired) electrons. The van der Waals surface area contributed by atoms with E-state index in [2.05, 4.69) is 79.7 Å². The second kappa shape index (κ2) is 5.49. The molecule has 1 heterocycles. The minimum absolute atomic E-state index is 0.897. The third-order valence-corrected chi connectivity index (χ3v) is 5.01. The van der Waals surface area contributed by atoms with Gasteiger partial charge in [-0.25, -0.2) is 0 Å². The van der Waals surface area contributed by atoms with Gasteiger partial charge in [-0.15, -0.1) is 0 Å². The van der Waals surface area contributed by atoms with Crippen LogP contribution in [0.15, 0.2) is 77.2 Å². The van der Waals surface area contributed by atoms with Gasteiger partial charge < -0.3 is 4.42 Å². The van der Waals surface area contributed by atoms with Gasteiger partial charge >= 0.3 is 0 Å². The molecule has 0 saturated heterocycles. The van der Waals surface area contributed by atoms with Crippen LogP contribution in [-0.2, 0) is 6.42 Å². The number of furan rings is 1. The van der Waals surface area contributed by atoms with Crippen LogP contribution in [0.5, 0.6) is 0 Å². The van der Waals surface area contributed by atoms with Gasteiger partial charge in [0.05, 0.1) is 0 Å². The van der Waals surface area contributed by atoms with Crippen LogP contribution in [0.1, 0.15) is 33.6 Å². The number of hydrogen-bond acceptors (Lipinski definition) is 1. The number of rotatable bonds is 1. The van der Waals surface area contributed by atoms with Crippen molar-refractivity contribution in [2.75, 3.05) is 0 Å². The maximum Gasteiger partial charge on any atom is 0.135 e. The van der Waals surface area contributed by atoms with E-state index >= 15 is 0 Å². The maximum absolute atomic E-state index is 6.21. The van der Waals surface area contributed by atoms with E-state index in [1.165, 1.54) is 38.8 Å². The highest BCUT2D eigenvalue weighted by atomic mass is 16.3. The Kier molecular flexibility index (Phi) is 3.14. The largest absolute Gasteiger partial charge is 0.456 e. The third-order valence-electron chi connectivity index (χ3n) is 5.01. The predicted molar refractivity (Wildman–Crippen MR) is 104 cm³/mol. The number of aryl methyl sites for hydroxylation is 1. The molecular formula is C24H18O. The minimum Gasteiger partial charge on any atom is -0.456 e. The smallest absolute Gasteiger partial charge is 0.135 e. The van der Waals surface area contributed by atoms with Crippen molar-refractivity contribution in [2.24, 2.45) is 0 Å². The summed E-state index contributed by atoms with van der Waals surface area (Å²) in [5.74, 6) is 0.980. The molecule has 1 aliphatic rings. The molecule has 1 nitrogen and oxygen atoms in total. The van der Waals surface area contributed by atoms with E-state index < -0.39 is 0 Å². The Morgan fingerprint density at radius 3 is 2.60 bits per heavy atom. The molecule has 0 spiro atoms. The van der Waals surface area contributed by atoms with E-state index in [0.29, 0.717) is 0 Å². The molecular weight excluding hydrogens is 304 g/mol. The first-order valence-corrected chi connectivity index (χ1v) is 8.67. The molecule has 0 aliphatic heterocycles. The summed E-state index contributed by atoms with van der Waals surface area (Å²) in [6.07, 6.45) is 3.12. The lowest BCUT2D eigenvalue weighted by molar-refractivity contribution is 0.600. The topological polar surface area (TPSA) is 13.1 Å². The first-order valence-electron chi connectivity index (χ1n) is 8.67. The van der Waals surface area contributed by atoms with Gasteiger partial charge in [-0.3, -0.25) is 0 Å². The van der Waals surface area contributed by atoms with Crippen LogP contribution in [0.2, 0.25) is 0 Å². The lowest BCUT2D eigenvalue weighted by Gasteiger charge is -2.11. The maximum atomic E-state index is 6.21. The van der Waals surface area contributed by atoms with E-state index in [0.717, 1.165) is 17.8 Å². The van der Waals surface area contributed by atoms with E-state index in [4.69, 9.17) is 4.42 Å². The third kappa shape index (κ3) is 2.32. The van der Waals surface area contributed by atoms with Gasteiger partial charge in [0.15, 0.2) is 0 Å². The van der Waals surface area contributed by atoms with Crippen molar-refractivity contribution in [2.45, 2.75) is 13.3 Å². The normalized spacial score (nSPS) is 13.1. The van der Waals surface area contributed by atoms with Crippen LogP contribution in [0, 0.1) is 6.92 Å². The molecule has 0 fully saturated rings. The highest BCUT2D eigenvalue weighted by Gasteiger charge is 2.21. The van der Waals surface area contributed by atoms with Gasteiger partial charge in [-0.1, -0.05) is 72.3 Å². The van der Waals surface area contributed by atoms with Crippen molar-refractivity contribution in [3.8, 4) is 0 Å². The highest BCUT2D eigenvalue weighted by Crippen LogP contribution is 2.38. The Balaban J connectivity index is 1.83. The van der Waals surface area contributed by atoms with E-state index in [1.807, 2.05) is 6.07 Å². The van der Waals surface area contributed by atoms with E-state index in [9.17, 15) is 0 Å². The fourth-order valence-electron chi connectivity index (χ4n) is 3.80. The molecule has 25 heavy (non-hydrogen) atoms. The molecule has 4 aromatic rings. The number of hydrogen-bond donors (Lipinski definition) is 0. The predicted octanol–water partition coefficient (Wildman–Crippen LogP) is 6.23. The zero-order valence-electron chi connectivity index (χ0n) is 14.1. The number of benzene rings is 3. The summed E-state index contributed by atoms with van der Waals surface area (Å²) in [6.45, 7) is 2.14. The van der Waals surface area contributed by atoms with E-state index in [-0.39, 0.29) is 0 Å². The van der Waals surface area contributed by atoms with Crippen molar-refractivity contribution < 1.29 is 4.42 Å². The molecule has 0 unspecified atom stereocenters. The summed E-state index contributed by atoms with van der Waals surface area (Å²) in [7, 11) is 0. The van der Waals surface area contributed by atoms with Crippen molar-refractivity contribution in [3.63, 3.8) is 0 Å². The van der Waals surface area contributed by atoms with Crippen LogP contribution >= 0.6 is 0 Å². The zero-order valence-corrected chi connectivity index (χ0v) is 14.1. The molecule has 0 bridgehead atoms. The molecule has 5 rings (SSSR count). The van der Waals surface area contributed by atoms with Crippen LogP contribution in [0.4, 0.5) is 0 Å². The van der Waals surface area contributed by atoms with E-state index in [1.54, 1.807) is 0 Å². The molecule has 0 saturated carbocycles. The van der Waals surface area contributed by atoms with Crippen molar-refractivity contribution >= 4 is 22.6 Å². The lowest BCUT2D eigenvalue weighted by atomic mass is 9.92. The second-order valence-corrected chi connectivity index (χ2v) is 6.70. The van der Waals surface area contributed by atoms with Crippen LogP contribution in [0.3, 0.4) is 0 Å². The minimum atomic E-state index is 0.897. The average Bonchev–Trinajstić information content (AvgIpc) is 2.89. The molecule has 3 aromatic carbocycles. The summed E-state index contributed by atoms with van der Waals surface area (Å²) < 4.78 is 6.21. The van der Waals surface area contributed by atoms with Gasteiger partial charge in [-0.05, 0) is 41.3 Å². The summed E-state index contributed by atoms with van der Waals surface area (Å²) >= 11 is 0. The summed E-state index contributed by atoms with van der Waals surface area (Å²) in [5, 5.41) is 1.22. The van der Waals surface area contributed by atoms with Gasteiger partial charge in [0.25, 0.3) is 0 Å². The molecule has 0 amide bonds. The van der Waals surface area contributed by atoms with Gasteiger partial charge in [0.2, 0.25) is 0 Å². The molecule has 0 atom stereocenters. The molecule has 1 heteroatoms. The fraction of sp³-hybridized carbons (Fsp3) is 0.0833. The SMILES string of the molecule is Cc1cccc(C2=Cc3oc4ccccc4c3Cc3ccccc32)c1. The average molecular weight is 322 g/mol. The van der Waals surface area contributed by atoms with Crippen molar-refractivity contribution in [1.29, 1.82) is 0 Å². The van der Waals surface area contributed by atoms with Crippen LogP contribution in [0.25, 0.3) is 22.6 Å². The molecule has 1 aliphatic carbocycles. The number of para-hydroxylation sites is 1. The van der Waals surface area contributed by atoms with Crippen LogP contribution in [-0.4, -0.2) is 0 Å². The lowest BCUT2D eigenvalue weighted by Crippen LogP contribution is -1.94. The Morgan fingerprint density at radius 1 is 0.840 bits per heavy atom. The Bertz CT molecular complexity index is 1130. The Morgan fingerprint density at radius 2 is 1.68 bits per heavy atom. The molecule has 120 valence electrons. The fourth-order valence-corrected chi connectivity index (χ4v) is 3.80. The highest BCUT2D eigenvalue weighted by molar-refractivity contribution is 5.96. The van der Waals surface area contributed by atoms with Gasteiger partial charge in [0, 0.05) is 17.4 Å². The molecule has 0 N–H and O–H groups in total. The standard InChI is InChI=1S/C24H18O/c1-16-7-6-9-17(13-16)21-15-24-22(14-18-8-2-3-10-19(18)21)20-11-4-5-12-23(20)25-24/h2-13,15H,14H2,1H3. The summed E-state index contributed by atoms with van der Waals surface area (Å²) in [6, 6.07) is 25.7. The van der Waals surface area contributed by atoms with Crippen molar-refractivity contribution in [1.82, 2.24) is 0 Å².